The highest BCUT2D eigenvalue weighted by atomic mass is 127. The van der Waals surface area contributed by atoms with Gasteiger partial charge in [-0.3, -0.25) is 9.67 Å². The largest absolute Gasteiger partial charge is 0.356 e. The second kappa shape index (κ2) is 10.0. The molecule has 0 fully saturated rings. The Bertz CT molecular complexity index is 624. The molecule has 0 bridgehead atoms. The zero-order valence-electron chi connectivity index (χ0n) is 13.1. The van der Waals surface area contributed by atoms with Crippen molar-refractivity contribution in [2.24, 2.45) is 12.0 Å². The average Bonchev–Trinajstić information content (AvgIpc) is 3.11. The summed E-state index contributed by atoms with van der Waals surface area (Å²) in [4.78, 5) is 4.19. The summed E-state index contributed by atoms with van der Waals surface area (Å²) < 4.78 is 3.76. The molecule has 2 aromatic heterocycles. The fourth-order valence-electron chi connectivity index (χ4n) is 2.03. The van der Waals surface area contributed by atoms with Crippen LogP contribution < -0.4 is 10.6 Å². The maximum atomic E-state index is 6.05. The number of nitrogens with one attached hydrogen (secondary N) is 2. The molecular weight excluding hydrogens is 450 g/mol. The molecule has 0 aliphatic carbocycles. The van der Waals surface area contributed by atoms with Crippen LogP contribution >= 0.6 is 47.2 Å². The smallest absolute Gasteiger partial charge is 0.191 e. The minimum absolute atomic E-state index is 0. The molecule has 23 heavy (non-hydrogen) atoms. The van der Waals surface area contributed by atoms with E-state index in [-0.39, 0.29) is 24.0 Å². The first-order valence-corrected chi connectivity index (χ1v) is 7.79. The summed E-state index contributed by atoms with van der Waals surface area (Å²) in [5.74, 6) is 0.744. The lowest BCUT2D eigenvalue weighted by molar-refractivity contribution is 0.570. The fourth-order valence-corrected chi connectivity index (χ4v) is 2.45. The first-order valence-electron chi connectivity index (χ1n) is 7.03. The molecule has 0 unspecified atom stereocenters. The molecule has 0 aromatic carbocycles. The molecule has 128 valence electrons. The molecule has 0 radical (unpaired) electrons. The molecule has 0 saturated heterocycles. The molecule has 6 nitrogen and oxygen atoms in total. The van der Waals surface area contributed by atoms with E-state index in [1.165, 1.54) is 0 Å². The third kappa shape index (κ3) is 5.89. The Morgan fingerprint density at radius 2 is 2.13 bits per heavy atom. The van der Waals surface area contributed by atoms with Crippen molar-refractivity contribution in [1.29, 1.82) is 0 Å². The van der Waals surface area contributed by atoms with E-state index < -0.39 is 0 Å². The van der Waals surface area contributed by atoms with E-state index in [2.05, 4.69) is 20.7 Å². The van der Waals surface area contributed by atoms with Crippen molar-refractivity contribution in [3.63, 3.8) is 0 Å². The zero-order valence-corrected chi connectivity index (χ0v) is 16.9. The minimum Gasteiger partial charge on any atom is -0.356 e. The highest BCUT2D eigenvalue weighted by Crippen LogP contribution is 2.24. The van der Waals surface area contributed by atoms with Crippen molar-refractivity contribution in [3.05, 3.63) is 40.4 Å². The lowest BCUT2D eigenvalue weighted by atomic mass is 10.4. The van der Waals surface area contributed by atoms with Crippen LogP contribution in [0.2, 0.25) is 10.2 Å². The Labute approximate surface area is 163 Å². The van der Waals surface area contributed by atoms with Gasteiger partial charge in [0.2, 0.25) is 0 Å². The Balaban J connectivity index is 0.00000264. The zero-order chi connectivity index (χ0) is 15.9. The summed E-state index contributed by atoms with van der Waals surface area (Å²) in [5.41, 5.74) is 0.995. The van der Waals surface area contributed by atoms with Crippen molar-refractivity contribution in [2.45, 2.75) is 19.5 Å². The van der Waals surface area contributed by atoms with E-state index in [1.807, 2.05) is 34.6 Å². The number of guanidine groups is 1. The van der Waals surface area contributed by atoms with E-state index in [0.29, 0.717) is 16.7 Å². The Morgan fingerprint density at radius 1 is 1.35 bits per heavy atom. The van der Waals surface area contributed by atoms with E-state index in [4.69, 9.17) is 23.2 Å². The van der Waals surface area contributed by atoms with Gasteiger partial charge in [-0.05, 0) is 18.6 Å². The van der Waals surface area contributed by atoms with Gasteiger partial charge < -0.3 is 15.2 Å². The van der Waals surface area contributed by atoms with Gasteiger partial charge in [0, 0.05) is 45.3 Å². The third-order valence-electron chi connectivity index (χ3n) is 3.29. The summed E-state index contributed by atoms with van der Waals surface area (Å²) in [7, 11) is 3.62. The van der Waals surface area contributed by atoms with Crippen LogP contribution in [0.15, 0.2) is 29.5 Å². The molecule has 0 amide bonds. The number of rotatable bonds is 6. The van der Waals surface area contributed by atoms with Crippen LogP contribution in [0.1, 0.15) is 12.1 Å². The van der Waals surface area contributed by atoms with Crippen molar-refractivity contribution >= 4 is 53.1 Å². The molecule has 2 N–H and O–H groups in total. The second-order valence-electron chi connectivity index (χ2n) is 4.81. The fraction of sp³-hybridized carbons (Fsp3) is 0.429. The first-order chi connectivity index (χ1) is 10.6. The standard InChI is InChI=1S/C14H20Cl2N6.HI/c1-17-14(18-5-3-7-22-8-4-6-20-22)19-10-11-9-12(15)13(16)21(11)2;/h4,6,8-9H,3,5,7,10H2,1-2H3,(H2,17,18,19);1H. The van der Waals surface area contributed by atoms with Crippen LogP contribution in [0.5, 0.6) is 0 Å². The lowest BCUT2D eigenvalue weighted by Crippen LogP contribution is -2.37. The molecule has 0 aliphatic rings. The highest BCUT2D eigenvalue weighted by molar-refractivity contribution is 14.0. The molecule has 0 spiro atoms. The number of hydrogen-bond donors (Lipinski definition) is 2. The Kier molecular flexibility index (Phi) is 8.78. The monoisotopic (exact) mass is 470 g/mol. The number of aliphatic imine (C=N–C) groups is 1. The first kappa shape index (κ1) is 20.1. The van der Waals surface area contributed by atoms with Crippen molar-refractivity contribution in [3.8, 4) is 0 Å². The van der Waals surface area contributed by atoms with Crippen molar-refractivity contribution < 1.29 is 0 Å². The summed E-state index contributed by atoms with van der Waals surface area (Å²) in [5, 5.41) is 11.8. The normalized spacial score (nSPS) is 11.2. The summed E-state index contributed by atoms with van der Waals surface area (Å²) >= 11 is 12.0. The van der Waals surface area contributed by atoms with Gasteiger partial charge >= 0.3 is 0 Å². The van der Waals surface area contributed by atoms with E-state index in [0.717, 1.165) is 31.2 Å². The summed E-state index contributed by atoms with van der Waals surface area (Å²) in [6.45, 7) is 2.29. The Morgan fingerprint density at radius 3 is 2.70 bits per heavy atom. The van der Waals surface area contributed by atoms with Gasteiger partial charge in [-0.15, -0.1) is 24.0 Å². The molecule has 2 rings (SSSR count). The van der Waals surface area contributed by atoms with Gasteiger partial charge in [0.1, 0.15) is 5.15 Å². The predicted octanol–water partition coefficient (Wildman–Crippen LogP) is 2.90. The van der Waals surface area contributed by atoms with E-state index in [1.54, 1.807) is 13.2 Å². The summed E-state index contributed by atoms with van der Waals surface area (Å²) in [6, 6.07) is 3.77. The summed E-state index contributed by atoms with van der Waals surface area (Å²) in [6.07, 6.45) is 4.70. The quantitative estimate of drug-likeness (QED) is 0.295. The molecule has 9 heteroatoms. The van der Waals surface area contributed by atoms with Crippen LogP contribution in [-0.2, 0) is 20.1 Å². The molecule has 0 aliphatic heterocycles. The van der Waals surface area contributed by atoms with Gasteiger partial charge in [-0.25, -0.2) is 0 Å². The minimum atomic E-state index is 0. The van der Waals surface area contributed by atoms with E-state index >= 15 is 0 Å². The highest BCUT2D eigenvalue weighted by Gasteiger charge is 2.09. The van der Waals surface area contributed by atoms with Gasteiger partial charge in [0.15, 0.2) is 5.96 Å². The third-order valence-corrected chi connectivity index (χ3v) is 4.13. The van der Waals surface area contributed by atoms with E-state index in [9.17, 15) is 0 Å². The van der Waals surface area contributed by atoms with Crippen molar-refractivity contribution in [2.75, 3.05) is 13.6 Å². The maximum absolute atomic E-state index is 6.05. The van der Waals surface area contributed by atoms with Crippen molar-refractivity contribution in [1.82, 2.24) is 25.0 Å². The average molecular weight is 471 g/mol. The van der Waals surface area contributed by atoms with Gasteiger partial charge in [0.05, 0.1) is 11.6 Å². The van der Waals surface area contributed by atoms with Gasteiger partial charge in [0.25, 0.3) is 0 Å². The number of aryl methyl sites for hydroxylation is 1. The molecule has 0 atom stereocenters. The van der Waals surface area contributed by atoms with Crippen LogP contribution in [-0.4, -0.2) is 33.9 Å². The molecule has 0 saturated carbocycles. The molecule has 2 aromatic rings. The van der Waals surface area contributed by atoms with Crippen LogP contribution in [0, 0.1) is 0 Å². The predicted molar refractivity (Wildman–Crippen MR) is 106 cm³/mol. The lowest BCUT2D eigenvalue weighted by Gasteiger charge is -2.12. The number of nitrogens with zero attached hydrogens (tertiary/aromatic N) is 4. The number of aromatic nitrogens is 3. The van der Waals surface area contributed by atoms with Crippen LogP contribution in [0.25, 0.3) is 0 Å². The second-order valence-corrected chi connectivity index (χ2v) is 5.57. The van der Waals surface area contributed by atoms with Crippen LogP contribution in [0.3, 0.4) is 0 Å². The SMILES string of the molecule is CN=C(NCCCn1cccn1)NCc1cc(Cl)c(Cl)n1C.I. The number of halogens is 3. The van der Waals surface area contributed by atoms with Crippen LogP contribution in [0.4, 0.5) is 0 Å². The topological polar surface area (TPSA) is 59.2 Å². The number of hydrogen-bond acceptors (Lipinski definition) is 2. The molecule has 2 heterocycles. The Hall–Kier alpha value is -0.930. The molecular formula is C14H21Cl2IN6. The van der Waals surface area contributed by atoms with Gasteiger partial charge in [-0.1, -0.05) is 23.2 Å². The maximum Gasteiger partial charge on any atom is 0.191 e. The van der Waals surface area contributed by atoms with Gasteiger partial charge in [-0.2, -0.15) is 5.10 Å².